The average molecular weight is 546 g/mol. The Morgan fingerprint density at radius 3 is 1.92 bits per heavy atom. The minimum Gasteiger partial charge on any atom is -0.508 e. The number of benzene rings is 2. The minimum absolute atomic E-state index is 0.132. The number of esters is 1. The molecule has 216 valence electrons. The van der Waals surface area contributed by atoms with Gasteiger partial charge in [-0.3, -0.25) is 9.59 Å². The summed E-state index contributed by atoms with van der Waals surface area (Å²) in [5.74, 6) is -0.130. The summed E-state index contributed by atoms with van der Waals surface area (Å²) in [5, 5.41) is 22.8. The maximum absolute atomic E-state index is 12.1. The summed E-state index contributed by atoms with van der Waals surface area (Å²) in [6, 6.07) is 12.5. The van der Waals surface area contributed by atoms with E-state index in [4.69, 9.17) is 29.6 Å². The van der Waals surface area contributed by atoms with Crippen LogP contribution in [0.15, 0.2) is 42.5 Å². The Hall–Kier alpha value is -3.43. The van der Waals surface area contributed by atoms with Crippen LogP contribution in [0.3, 0.4) is 0 Å². The van der Waals surface area contributed by atoms with E-state index in [9.17, 15) is 9.59 Å². The number of carboxylic acid groups (broad SMARTS) is 1. The second-order valence-corrected chi connectivity index (χ2v) is 10.2. The number of carbonyl (C=O) groups excluding carboxylic acids is 2. The van der Waals surface area contributed by atoms with E-state index in [2.05, 4.69) is 4.90 Å². The number of phenols is 1. The van der Waals surface area contributed by atoms with E-state index in [-0.39, 0.29) is 18.2 Å². The Kier molecular flexibility index (Phi) is 14.8. The zero-order valence-corrected chi connectivity index (χ0v) is 23.6. The van der Waals surface area contributed by atoms with Gasteiger partial charge >= 0.3 is 5.97 Å². The Labute approximate surface area is 231 Å². The van der Waals surface area contributed by atoms with E-state index in [0.29, 0.717) is 23.3 Å². The number of aliphatic hydroxyl groups excluding tert-OH is 1. The van der Waals surface area contributed by atoms with Crippen LogP contribution in [0.2, 0.25) is 0 Å². The number of piperidine rings is 1. The standard InChI is InChI=1S/C20H29NO3.C8H8O2.CH2O2.CH4O/c1-20(2,3)24-19(22)15-7-9-16(10-8-15)21-13-11-18(12-14-21)23-17-5-4-6-17;1-6-2-3-8(10)4-7(6)5-9;2-1-3;1-2/h7-10,17-18H,4-6,11-14H2,1-3H3;2-5,10H,1H3;1H,(H,2,3);2H,1H3. The van der Waals surface area contributed by atoms with Crippen LogP contribution in [0.25, 0.3) is 0 Å². The van der Waals surface area contributed by atoms with Gasteiger partial charge in [-0.15, -0.1) is 0 Å². The molecule has 1 heterocycles. The molecule has 2 aliphatic rings. The third-order valence-corrected chi connectivity index (χ3v) is 6.14. The molecule has 9 nitrogen and oxygen atoms in total. The lowest BCUT2D eigenvalue weighted by molar-refractivity contribution is -0.122. The number of carbonyl (C=O) groups is 3. The average Bonchev–Trinajstić information content (AvgIpc) is 2.89. The smallest absolute Gasteiger partial charge is 0.338 e. The lowest BCUT2D eigenvalue weighted by atomic mass is 9.95. The van der Waals surface area contributed by atoms with Crippen molar-refractivity contribution in [1.82, 2.24) is 0 Å². The predicted molar refractivity (Wildman–Crippen MR) is 151 cm³/mol. The fraction of sp³-hybridized carbons (Fsp3) is 0.500. The zero-order valence-electron chi connectivity index (χ0n) is 23.6. The van der Waals surface area contributed by atoms with Crippen molar-refractivity contribution in [2.75, 3.05) is 25.1 Å². The molecule has 0 amide bonds. The molecule has 0 unspecified atom stereocenters. The largest absolute Gasteiger partial charge is 0.508 e. The van der Waals surface area contributed by atoms with E-state index in [1.807, 2.05) is 52.0 Å². The van der Waals surface area contributed by atoms with Gasteiger partial charge in [-0.1, -0.05) is 6.07 Å². The highest BCUT2D eigenvalue weighted by Crippen LogP contribution is 2.28. The third kappa shape index (κ3) is 12.3. The summed E-state index contributed by atoms with van der Waals surface area (Å²) in [4.78, 5) is 33.1. The second kappa shape index (κ2) is 17.2. The van der Waals surface area contributed by atoms with Crippen LogP contribution >= 0.6 is 0 Å². The first-order chi connectivity index (χ1) is 18.6. The van der Waals surface area contributed by atoms with Crippen molar-refractivity contribution in [3.8, 4) is 5.75 Å². The van der Waals surface area contributed by atoms with Crippen LogP contribution in [0.5, 0.6) is 5.75 Å². The molecule has 1 aliphatic carbocycles. The van der Waals surface area contributed by atoms with Crippen molar-refractivity contribution in [2.24, 2.45) is 0 Å². The van der Waals surface area contributed by atoms with Gasteiger partial charge in [0.25, 0.3) is 6.47 Å². The molecular weight excluding hydrogens is 502 g/mol. The van der Waals surface area contributed by atoms with Crippen molar-refractivity contribution in [2.45, 2.75) is 77.6 Å². The SMILES string of the molecule is CC(C)(C)OC(=O)c1ccc(N2CCC(OC3CCC3)CC2)cc1.CO.Cc1ccc(O)cc1C=O.O=CO. The van der Waals surface area contributed by atoms with Gasteiger partial charge < -0.3 is 29.7 Å². The van der Waals surface area contributed by atoms with E-state index >= 15 is 0 Å². The monoisotopic (exact) mass is 545 g/mol. The molecule has 9 heteroatoms. The van der Waals surface area contributed by atoms with E-state index in [1.54, 1.807) is 12.1 Å². The number of aliphatic hydroxyl groups is 1. The van der Waals surface area contributed by atoms with Gasteiger partial charge in [0, 0.05) is 31.5 Å². The molecule has 39 heavy (non-hydrogen) atoms. The van der Waals surface area contributed by atoms with Crippen molar-refractivity contribution in [3.05, 3.63) is 59.2 Å². The van der Waals surface area contributed by atoms with E-state index in [1.165, 1.54) is 31.0 Å². The first kappa shape index (κ1) is 33.6. The molecule has 2 aromatic rings. The molecule has 4 rings (SSSR count). The Morgan fingerprint density at radius 1 is 0.949 bits per heavy atom. The zero-order chi connectivity index (χ0) is 29.4. The highest BCUT2D eigenvalue weighted by Gasteiger charge is 2.26. The molecule has 2 fully saturated rings. The summed E-state index contributed by atoms with van der Waals surface area (Å²) in [6.45, 7) is 9.26. The molecule has 0 aromatic heterocycles. The van der Waals surface area contributed by atoms with Gasteiger partial charge in [0.2, 0.25) is 0 Å². The van der Waals surface area contributed by atoms with Crippen LogP contribution in [0, 0.1) is 6.92 Å². The van der Waals surface area contributed by atoms with Gasteiger partial charge in [0.05, 0.1) is 17.8 Å². The first-order valence-electron chi connectivity index (χ1n) is 13.1. The van der Waals surface area contributed by atoms with Crippen LogP contribution in [0.1, 0.15) is 79.2 Å². The molecule has 0 bridgehead atoms. The number of ether oxygens (including phenoxy) is 2. The molecule has 1 aliphatic heterocycles. The number of hydrogen-bond donors (Lipinski definition) is 3. The Bertz CT molecular complexity index is 1000. The minimum atomic E-state index is -0.460. The van der Waals surface area contributed by atoms with Gasteiger partial charge in [-0.2, -0.15) is 0 Å². The van der Waals surface area contributed by atoms with Crippen molar-refractivity contribution in [1.29, 1.82) is 0 Å². The fourth-order valence-electron chi connectivity index (χ4n) is 3.93. The normalized spacial score (nSPS) is 15.1. The highest BCUT2D eigenvalue weighted by molar-refractivity contribution is 5.90. The Morgan fingerprint density at radius 2 is 1.49 bits per heavy atom. The second-order valence-electron chi connectivity index (χ2n) is 10.2. The van der Waals surface area contributed by atoms with Crippen LogP contribution < -0.4 is 4.90 Å². The van der Waals surface area contributed by atoms with Gasteiger partial charge in [0.15, 0.2) is 0 Å². The number of aryl methyl sites for hydroxylation is 1. The van der Waals surface area contributed by atoms with Gasteiger partial charge in [0.1, 0.15) is 17.6 Å². The van der Waals surface area contributed by atoms with Crippen molar-refractivity contribution in [3.63, 3.8) is 0 Å². The lowest BCUT2D eigenvalue weighted by Gasteiger charge is -2.37. The summed E-state index contributed by atoms with van der Waals surface area (Å²) < 4.78 is 11.5. The number of phenolic OH excluding ortho intramolecular Hbond substituents is 1. The van der Waals surface area contributed by atoms with Crippen LogP contribution in [-0.4, -0.2) is 72.1 Å². The third-order valence-electron chi connectivity index (χ3n) is 6.14. The molecule has 1 saturated heterocycles. The van der Waals surface area contributed by atoms with Crippen LogP contribution in [-0.2, 0) is 14.3 Å². The first-order valence-corrected chi connectivity index (χ1v) is 13.1. The predicted octanol–water partition coefficient (Wildman–Crippen LogP) is 5.00. The number of aromatic hydroxyl groups is 1. The maximum Gasteiger partial charge on any atom is 0.338 e. The molecule has 0 radical (unpaired) electrons. The summed E-state index contributed by atoms with van der Waals surface area (Å²) in [6.07, 6.45) is 7.66. The fourth-order valence-corrected chi connectivity index (χ4v) is 3.93. The van der Waals surface area contributed by atoms with Crippen LogP contribution in [0.4, 0.5) is 5.69 Å². The summed E-state index contributed by atoms with van der Waals surface area (Å²) in [5.41, 5.74) is 2.74. The van der Waals surface area contributed by atoms with Gasteiger partial charge in [-0.05, 0) is 102 Å². The van der Waals surface area contributed by atoms with E-state index < -0.39 is 5.60 Å². The number of nitrogens with zero attached hydrogens (tertiary/aromatic N) is 1. The number of anilines is 1. The topological polar surface area (TPSA) is 134 Å². The lowest BCUT2D eigenvalue weighted by Crippen LogP contribution is -2.39. The molecule has 3 N–H and O–H groups in total. The van der Waals surface area contributed by atoms with E-state index in [0.717, 1.165) is 44.9 Å². The maximum atomic E-state index is 12.1. The number of hydrogen-bond acceptors (Lipinski definition) is 8. The Balaban J connectivity index is 0.000000421. The molecule has 0 atom stereocenters. The highest BCUT2D eigenvalue weighted by atomic mass is 16.6. The summed E-state index contributed by atoms with van der Waals surface area (Å²) in [7, 11) is 1.00. The molecule has 2 aromatic carbocycles. The van der Waals surface area contributed by atoms with Gasteiger partial charge in [-0.25, -0.2) is 4.79 Å². The number of aldehydes is 1. The molecule has 1 saturated carbocycles. The van der Waals surface area contributed by atoms with Crippen molar-refractivity contribution >= 4 is 24.4 Å². The van der Waals surface area contributed by atoms with Crippen molar-refractivity contribution < 1.29 is 39.2 Å². The molecule has 0 spiro atoms. The number of rotatable bonds is 5. The molecular formula is C30H43NO8. The summed E-state index contributed by atoms with van der Waals surface area (Å²) >= 11 is 0. The quantitative estimate of drug-likeness (QED) is 0.350.